The van der Waals surface area contributed by atoms with Crippen molar-refractivity contribution in [1.82, 2.24) is 15.0 Å². The second kappa shape index (κ2) is 4.73. The van der Waals surface area contributed by atoms with Crippen LogP contribution in [0.4, 0.5) is 11.9 Å². The fourth-order valence-electron chi connectivity index (χ4n) is 1.43. The smallest absolute Gasteiger partial charge is 0.323 e. The van der Waals surface area contributed by atoms with Crippen molar-refractivity contribution < 1.29 is 4.74 Å². The molecule has 0 bridgehead atoms. The summed E-state index contributed by atoms with van der Waals surface area (Å²) in [7, 11) is 0. The summed E-state index contributed by atoms with van der Waals surface area (Å²) >= 11 is 0. The summed E-state index contributed by atoms with van der Waals surface area (Å²) in [5, 5.41) is 6.38. The maximum absolute atomic E-state index is 5.33. The number of ether oxygens (including phenoxy) is 1. The van der Waals surface area contributed by atoms with E-state index >= 15 is 0 Å². The Hall–Kier alpha value is -1.59. The number of rotatable bonds is 6. The van der Waals surface area contributed by atoms with Gasteiger partial charge in [0.2, 0.25) is 11.9 Å². The van der Waals surface area contributed by atoms with Gasteiger partial charge >= 0.3 is 6.01 Å². The fourth-order valence-corrected chi connectivity index (χ4v) is 1.43. The van der Waals surface area contributed by atoms with Crippen molar-refractivity contribution in [2.75, 3.05) is 23.8 Å². The largest absolute Gasteiger partial charge is 0.464 e. The summed E-state index contributed by atoms with van der Waals surface area (Å²) in [6, 6.07) is 0.366. The molecule has 1 aliphatic carbocycles. The predicted molar refractivity (Wildman–Crippen MR) is 66.4 cm³/mol. The van der Waals surface area contributed by atoms with Gasteiger partial charge in [-0.2, -0.15) is 15.0 Å². The van der Waals surface area contributed by atoms with Gasteiger partial charge in [-0.3, -0.25) is 0 Å². The monoisotopic (exact) mass is 237 g/mol. The van der Waals surface area contributed by atoms with Crippen LogP contribution in [0.15, 0.2) is 0 Å². The van der Waals surface area contributed by atoms with Gasteiger partial charge in [0.25, 0.3) is 0 Å². The second-order valence-corrected chi connectivity index (χ2v) is 4.41. The van der Waals surface area contributed by atoms with Crippen LogP contribution in [0.1, 0.15) is 33.6 Å². The highest BCUT2D eigenvalue weighted by Gasteiger charge is 2.38. The van der Waals surface area contributed by atoms with Crippen LogP contribution in [0.5, 0.6) is 6.01 Å². The van der Waals surface area contributed by atoms with Crippen LogP contribution >= 0.6 is 0 Å². The van der Waals surface area contributed by atoms with Crippen molar-refractivity contribution in [3.05, 3.63) is 0 Å². The van der Waals surface area contributed by atoms with Crippen LogP contribution in [0.3, 0.4) is 0 Å². The average molecular weight is 237 g/mol. The van der Waals surface area contributed by atoms with Crippen LogP contribution in [0, 0.1) is 0 Å². The lowest BCUT2D eigenvalue weighted by Gasteiger charge is -2.13. The maximum Gasteiger partial charge on any atom is 0.323 e. The van der Waals surface area contributed by atoms with Crippen molar-refractivity contribution in [3.63, 3.8) is 0 Å². The molecule has 0 radical (unpaired) electrons. The number of hydrogen-bond donors (Lipinski definition) is 2. The second-order valence-electron chi connectivity index (χ2n) is 4.41. The molecule has 1 fully saturated rings. The van der Waals surface area contributed by atoms with Gasteiger partial charge in [-0.05, 0) is 33.6 Å². The third-order valence-electron chi connectivity index (χ3n) is 2.64. The first-order chi connectivity index (χ1) is 8.15. The Balaban J connectivity index is 2.17. The predicted octanol–water partition coefficient (Wildman–Crippen LogP) is 1.67. The topological polar surface area (TPSA) is 72.0 Å². The Labute approximate surface area is 101 Å². The molecule has 1 saturated carbocycles. The normalized spacial score (nSPS) is 16.4. The maximum atomic E-state index is 5.33. The van der Waals surface area contributed by atoms with Crippen LogP contribution in [-0.4, -0.2) is 33.6 Å². The molecule has 0 spiro atoms. The first kappa shape index (κ1) is 11.9. The molecule has 1 aromatic rings. The zero-order chi connectivity index (χ0) is 12.3. The first-order valence-electron chi connectivity index (χ1n) is 6.06. The van der Waals surface area contributed by atoms with E-state index in [4.69, 9.17) is 4.74 Å². The van der Waals surface area contributed by atoms with E-state index < -0.39 is 0 Å². The van der Waals surface area contributed by atoms with E-state index in [0.717, 1.165) is 19.4 Å². The average Bonchev–Trinajstić information content (AvgIpc) is 2.96. The third-order valence-corrected chi connectivity index (χ3v) is 2.64. The van der Waals surface area contributed by atoms with Crippen molar-refractivity contribution in [2.45, 2.75) is 39.2 Å². The molecular formula is C11H19N5O. The summed E-state index contributed by atoms with van der Waals surface area (Å²) in [6.07, 6.45) is 2.30. The van der Waals surface area contributed by atoms with E-state index in [-0.39, 0.29) is 5.54 Å². The highest BCUT2D eigenvalue weighted by Crippen LogP contribution is 2.37. The Morgan fingerprint density at radius 2 is 1.88 bits per heavy atom. The zero-order valence-electron chi connectivity index (χ0n) is 10.6. The van der Waals surface area contributed by atoms with Gasteiger partial charge in [-0.1, -0.05) is 0 Å². The molecule has 0 saturated heterocycles. The lowest BCUT2D eigenvalue weighted by molar-refractivity contribution is 0.312. The van der Waals surface area contributed by atoms with Crippen LogP contribution < -0.4 is 15.4 Å². The van der Waals surface area contributed by atoms with Crippen LogP contribution in [0.2, 0.25) is 0 Å². The summed E-state index contributed by atoms with van der Waals surface area (Å²) in [6.45, 7) is 7.38. The quantitative estimate of drug-likeness (QED) is 0.784. The van der Waals surface area contributed by atoms with Gasteiger partial charge in [0.15, 0.2) is 0 Å². The molecule has 6 heteroatoms. The van der Waals surface area contributed by atoms with E-state index in [1.54, 1.807) is 0 Å². The number of nitrogens with one attached hydrogen (secondary N) is 2. The molecular weight excluding hydrogens is 218 g/mol. The zero-order valence-corrected chi connectivity index (χ0v) is 10.6. The van der Waals surface area contributed by atoms with Gasteiger partial charge in [0, 0.05) is 12.1 Å². The van der Waals surface area contributed by atoms with Crippen molar-refractivity contribution >= 4 is 11.9 Å². The minimum Gasteiger partial charge on any atom is -0.464 e. The fraction of sp³-hybridized carbons (Fsp3) is 0.727. The summed E-state index contributed by atoms with van der Waals surface area (Å²) in [5.74, 6) is 1.14. The van der Waals surface area contributed by atoms with E-state index in [1.165, 1.54) is 0 Å². The van der Waals surface area contributed by atoms with Crippen molar-refractivity contribution in [3.8, 4) is 6.01 Å². The molecule has 0 aliphatic heterocycles. The Bertz CT molecular complexity index is 367. The lowest BCUT2D eigenvalue weighted by atomic mass is 10.3. The first-order valence-corrected chi connectivity index (χ1v) is 6.06. The molecule has 1 aliphatic rings. The van der Waals surface area contributed by atoms with E-state index in [1.807, 2.05) is 13.8 Å². The number of hydrogen-bond acceptors (Lipinski definition) is 6. The van der Waals surface area contributed by atoms with Gasteiger partial charge in [-0.25, -0.2) is 0 Å². The Morgan fingerprint density at radius 1 is 1.18 bits per heavy atom. The summed E-state index contributed by atoms with van der Waals surface area (Å²) < 4.78 is 5.33. The highest BCUT2D eigenvalue weighted by molar-refractivity contribution is 5.39. The number of aromatic nitrogens is 3. The van der Waals surface area contributed by atoms with Gasteiger partial charge in [-0.15, -0.1) is 0 Å². The molecule has 0 atom stereocenters. The van der Waals surface area contributed by atoms with E-state index in [0.29, 0.717) is 24.5 Å². The molecule has 17 heavy (non-hydrogen) atoms. The number of nitrogens with zero attached hydrogens (tertiary/aromatic N) is 3. The molecule has 94 valence electrons. The minimum absolute atomic E-state index is 0.147. The number of anilines is 2. The van der Waals surface area contributed by atoms with Crippen molar-refractivity contribution in [2.24, 2.45) is 0 Å². The molecule has 2 rings (SSSR count). The molecule has 0 aromatic carbocycles. The molecule has 0 unspecified atom stereocenters. The molecule has 2 N–H and O–H groups in total. The standard InChI is InChI=1S/C11H19N5O/c1-4-12-8-13-9(16-11(3)6-7-11)15-10(14-8)17-5-2/h4-7H2,1-3H3,(H2,12,13,14,15,16). The Morgan fingerprint density at radius 3 is 2.47 bits per heavy atom. The van der Waals surface area contributed by atoms with Crippen LogP contribution in [0.25, 0.3) is 0 Å². The van der Waals surface area contributed by atoms with Crippen molar-refractivity contribution in [1.29, 1.82) is 0 Å². The van der Waals surface area contributed by atoms with Crippen LogP contribution in [-0.2, 0) is 0 Å². The van der Waals surface area contributed by atoms with Gasteiger partial charge in [0.05, 0.1) is 6.61 Å². The molecule has 6 nitrogen and oxygen atoms in total. The van der Waals surface area contributed by atoms with E-state index in [2.05, 4.69) is 32.5 Å². The Kier molecular flexibility index (Phi) is 3.31. The third kappa shape index (κ3) is 3.18. The molecule has 1 heterocycles. The van der Waals surface area contributed by atoms with Gasteiger partial charge in [0.1, 0.15) is 0 Å². The lowest BCUT2D eigenvalue weighted by Crippen LogP contribution is -2.19. The van der Waals surface area contributed by atoms with Gasteiger partial charge < -0.3 is 15.4 Å². The SMILES string of the molecule is CCNc1nc(NC2(C)CC2)nc(OCC)n1. The molecule has 1 aromatic heterocycles. The minimum atomic E-state index is 0.147. The van der Waals surface area contributed by atoms with E-state index in [9.17, 15) is 0 Å². The highest BCUT2D eigenvalue weighted by atomic mass is 16.5. The molecule has 0 amide bonds. The summed E-state index contributed by atoms with van der Waals surface area (Å²) in [4.78, 5) is 12.7. The summed E-state index contributed by atoms with van der Waals surface area (Å²) in [5.41, 5.74) is 0.147.